The van der Waals surface area contributed by atoms with Crippen LogP contribution in [0.5, 0.6) is 0 Å². The molecule has 2 N–H and O–H groups in total. The Balaban J connectivity index is 2.23. The number of hydrogen-bond donors (Lipinski definition) is 2. The van der Waals surface area contributed by atoms with Gasteiger partial charge in [0.15, 0.2) is 0 Å². The summed E-state index contributed by atoms with van der Waals surface area (Å²) in [6.07, 6.45) is 2.92. The molecule has 0 aromatic carbocycles. The summed E-state index contributed by atoms with van der Waals surface area (Å²) < 4.78 is 5.20. The van der Waals surface area contributed by atoms with Crippen LogP contribution in [0.2, 0.25) is 0 Å². The van der Waals surface area contributed by atoms with Crippen molar-refractivity contribution in [2.75, 3.05) is 19.8 Å². The van der Waals surface area contributed by atoms with E-state index in [4.69, 9.17) is 9.84 Å². The van der Waals surface area contributed by atoms with E-state index in [0.717, 1.165) is 25.9 Å². The smallest absolute Gasteiger partial charge is 0.323 e. The second-order valence-electron chi connectivity index (χ2n) is 4.26. The lowest BCUT2D eigenvalue weighted by atomic mass is 9.96. The van der Waals surface area contributed by atoms with Crippen molar-refractivity contribution in [3.8, 4) is 0 Å². The van der Waals surface area contributed by atoms with E-state index in [1.165, 1.54) is 0 Å². The summed E-state index contributed by atoms with van der Waals surface area (Å²) in [6, 6.07) is 0. The molecule has 0 aromatic heterocycles. The number of carboxylic acid groups (broad SMARTS) is 1. The molecule has 4 heteroatoms. The summed E-state index contributed by atoms with van der Waals surface area (Å²) in [6.45, 7) is 5.87. The zero-order valence-electron chi connectivity index (χ0n) is 9.58. The first-order chi connectivity index (χ1) is 7.11. The predicted molar refractivity (Wildman–Crippen MR) is 57.9 cm³/mol. The van der Waals surface area contributed by atoms with Crippen LogP contribution < -0.4 is 5.32 Å². The zero-order chi connectivity index (χ0) is 11.3. The molecule has 4 nitrogen and oxygen atoms in total. The average Bonchev–Trinajstić information content (AvgIpc) is 3.00. The van der Waals surface area contributed by atoms with Gasteiger partial charge in [-0.2, -0.15) is 0 Å². The Morgan fingerprint density at radius 2 is 2.27 bits per heavy atom. The molecular formula is C11H21NO3. The fourth-order valence-corrected chi connectivity index (χ4v) is 1.72. The Hall–Kier alpha value is -0.610. The first-order valence-electron chi connectivity index (χ1n) is 5.67. The monoisotopic (exact) mass is 215 g/mol. The lowest BCUT2D eigenvalue weighted by Crippen LogP contribution is -2.51. The number of carboxylic acids is 1. The molecule has 0 heterocycles. The van der Waals surface area contributed by atoms with Crippen molar-refractivity contribution in [1.82, 2.24) is 5.32 Å². The lowest BCUT2D eigenvalue weighted by Gasteiger charge is -2.26. The van der Waals surface area contributed by atoms with Gasteiger partial charge < -0.3 is 15.2 Å². The number of ether oxygens (including phenoxy) is 1. The van der Waals surface area contributed by atoms with Gasteiger partial charge in [-0.1, -0.05) is 0 Å². The number of aliphatic carboxylic acids is 1. The van der Waals surface area contributed by atoms with Gasteiger partial charge in [-0.3, -0.25) is 4.79 Å². The third-order valence-electron chi connectivity index (χ3n) is 3.00. The van der Waals surface area contributed by atoms with Crippen LogP contribution in [0.25, 0.3) is 0 Å². The van der Waals surface area contributed by atoms with Gasteiger partial charge in [-0.05, 0) is 45.6 Å². The highest BCUT2D eigenvalue weighted by atomic mass is 16.5. The van der Waals surface area contributed by atoms with Crippen molar-refractivity contribution in [1.29, 1.82) is 0 Å². The summed E-state index contributed by atoms with van der Waals surface area (Å²) in [7, 11) is 0. The summed E-state index contributed by atoms with van der Waals surface area (Å²) >= 11 is 0. The topological polar surface area (TPSA) is 58.6 Å². The highest BCUT2D eigenvalue weighted by Crippen LogP contribution is 2.39. The Morgan fingerprint density at radius 3 is 2.73 bits per heavy atom. The van der Waals surface area contributed by atoms with Gasteiger partial charge in [0.1, 0.15) is 5.54 Å². The summed E-state index contributed by atoms with van der Waals surface area (Å²) in [5, 5.41) is 12.3. The van der Waals surface area contributed by atoms with Crippen LogP contribution in [-0.2, 0) is 9.53 Å². The molecule has 15 heavy (non-hydrogen) atoms. The maximum atomic E-state index is 11.1. The molecule has 0 spiro atoms. The van der Waals surface area contributed by atoms with Crippen molar-refractivity contribution in [3.63, 3.8) is 0 Å². The minimum Gasteiger partial charge on any atom is -0.480 e. The van der Waals surface area contributed by atoms with Crippen molar-refractivity contribution < 1.29 is 14.6 Å². The minimum absolute atomic E-state index is 0.307. The van der Waals surface area contributed by atoms with Gasteiger partial charge in [0.05, 0.1) is 0 Å². The van der Waals surface area contributed by atoms with Crippen LogP contribution in [0.3, 0.4) is 0 Å². The van der Waals surface area contributed by atoms with Gasteiger partial charge in [0, 0.05) is 13.2 Å². The third kappa shape index (κ3) is 3.47. The van der Waals surface area contributed by atoms with Crippen molar-refractivity contribution in [3.05, 3.63) is 0 Å². The Bertz CT molecular complexity index is 216. The van der Waals surface area contributed by atoms with Crippen LogP contribution in [-0.4, -0.2) is 36.4 Å². The molecule has 1 atom stereocenters. The molecule has 0 aliphatic heterocycles. The number of carbonyl (C=O) groups is 1. The normalized spacial score (nSPS) is 19.9. The fourth-order valence-electron chi connectivity index (χ4n) is 1.72. The molecule has 1 fully saturated rings. The summed E-state index contributed by atoms with van der Waals surface area (Å²) in [4.78, 5) is 11.1. The van der Waals surface area contributed by atoms with Crippen LogP contribution >= 0.6 is 0 Å². The third-order valence-corrected chi connectivity index (χ3v) is 3.00. The van der Waals surface area contributed by atoms with E-state index in [-0.39, 0.29) is 0 Å². The van der Waals surface area contributed by atoms with E-state index in [0.29, 0.717) is 19.1 Å². The molecule has 0 bridgehead atoms. The first-order valence-corrected chi connectivity index (χ1v) is 5.67. The van der Waals surface area contributed by atoms with Gasteiger partial charge in [-0.15, -0.1) is 0 Å². The van der Waals surface area contributed by atoms with Crippen molar-refractivity contribution in [2.24, 2.45) is 5.92 Å². The van der Waals surface area contributed by atoms with E-state index < -0.39 is 11.5 Å². The van der Waals surface area contributed by atoms with E-state index in [2.05, 4.69) is 5.32 Å². The van der Waals surface area contributed by atoms with E-state index >= 15 is 0 Å². The number of hydrogen-bond acceptors (Lipinski definition) is 3. The molecule has 0 saturated heterocycles. The highest BCUT2D eigenvalue weighted by Gasteiger charge is 2.46. The average molecular weight is 215 g/mol. The van der Waals surface area contributed by atoms with Crippen LogP contribution in [0.4, 0.5) is 0 Å². The highest BCUT2D eigenvalue weighted by molar-refractivity contribution is 5.79. The first kappa shape index (κ1) is 12.5. The van der Waals surface area contributed by atoms with Gasteiger partial charge in [-0.25, -0.2) is 0 Å². The molecule has 0 radical (unpaired) electrons. The number of nitrogens with one attached hydrogen (secondary N) is 1. The Labute approximate surface area is 91.0 Å². The standard InChI is InChI=1S/C11H21NO3/c1-3-15-8-4-7-12-11(2,10(13)14)9-5-6-9/h9,12H,3-8H2,1-2H3,(H,13,14). The van der Waals surface area contributed by atoms with Gasteiger partial charge >= 0.3 is 5.97 Å². The largest absolute Gasteiger partial charge is 0.480 e. The Kier molecular flexibility index (Phi) is 4.54. The molecule has 88 valence electrons. The quantitative estimate of drug-likeness (QED) is 0.598. The van der Waals surface area contributed by atoms with Gasteiger partial charge in [0.25, 0.3) is 0 Å². The maximum Gasteiger partial charge on any atom is 0.323 e. The second-order valence-corrected chi connectivity index (χ2v) is 4.26. The van der Waals surface area contributed by atoms with Crippen molar-refractivity contribution in [2.45, 2.75) is 38.6 Å². The molecule has 0 amide bonds. The van der Waals surface area contributed by atoms with Crippen LogP contribution in [0.15, 0.2) is 0 Å². The second kappa shape index (κ2) is 5.47. The van der Waals surface area contributed by atoms with E-state index in [9.17, 15) is 4.79 Å². The molecular weight excluding hydrogens is 194 g/mol. The molecule has 1 aliphatic carbocycles. The lowest BCUT2D eigenvalue weighted by molar-refractivity contribution is -0.145. The Morgan fingerprint density at radius 1 is 1.60 bits per heavy atom. The molecule has 1 rings (SSSR count). The van der Waals surface area contributed by atoms with E-state index in [1.54, 1.807) is 6.92 Å². The van der Waals surface area contributed by atoms with Crippen LogP contribution in [0.1, 0.15) is 33.1 Å². The minimum atomic E-state index is -0.735. The van der Waals surface area contributed by atoms with E-state index in [1.807, 2.05) is 6.92 Å². The van der Waals surface area contributed by atoms with Gasteiger partial charge in [0.2, 0.25) is 0 Å². The predicted octanol–water partition coefficient (Wildman–Crippen LogP) is 1.26. The molecule has 1 unspecified atom stereocenters. The molecule has 1 saturated carbocycles. The SMILES string of the molecule is CCOCCCNC(C)(C(=O)O)C1CC1. The summed E-state index contributed by atoms with van der Waals surface area (Å²) in [5.41, 5.74) is -0.730. The number of rotatable bonds is 8. The summed E-state index contributed by atoms with van der Waals surface area (Å²) in [5.74, 6) is -0.427. The maximum absolute atomic E-state index is 11.1. The molecule has 1 aliphatic rings. The zero-order valence-corrected chi connectivity index (χ0v) is 9.58. The fraction of sp³-hybridized carbons (Fsp3) is 0.909. The van der Waals surface area contributed by atoms with Crippen molar-refractivity contribution >= 4 is 5.97 Å². The molecule has 0 aromatic rings. The van der Waals surface area contributed by atoms with Crippen LogP contribution in [0, 0.1) is 5.92 Å².